The minimum atomic E-state index is -0.570. The van der Waals surface area contributed by atoms with Gasteiger partial charge in [0.1, 0.15) is 30.7 Å². The smallest absolute Gasteiger partial charge is 0.295 e. The topological polar surface area (TPSA) is 125 Å². The Balaban J connectivity index is 1.49. The Kier molecular flexibility index (Phi) is 5.61. The van der Waals surface area contributed by atoms with Crippen LogP contribution in [0.5, 0.6) is 5.75 Å². The number of nitrogens with zero attached hydrogens (tertiary/aromatic N) is 5. The second kappa shape index (κ2) is 8.82. The average Bonchev–Trinajstić information content (AvgIpc) is 3.33. The first-order valence-electron chi connectivity index (χ1n) is 9.18. The van der Waals surface area contributed by atoms with Crippen molar-refractivity contribution in [2.75, 3.05) is 5.32 Å². The van der Waals surface area contributed by atoms with Crippen LogP contribution < -0.4 is 10.1 Å². The van der Waals surface area contributed by atoms with Gasteiger partial charge in [0.25, 0.3) is 11.6 Å². The molecule has 0 aliphatic carbocycles. The van der Waals surface area contributed by atoms with Gasteiger partial charge in [-0.3, -0.25) is 19.9 Å². The van der Waals surface area contributed by atoms with Gasteiger partial charge in [-0.25, -0.2) is 9.67 Å². The molecule has 0 aliphatic rings. The SMILES string of the molecule is O=C(Nc1cccc(OCc2ccccn2)c1)c1ccc(-n2cncn2)c([N+](=O)[O-])c1. The second-order valence-electron chi connectivity index (χ2n) is 6.39. The Morgan fingerprint density at radius 1 is 1.13 bits per heavy atom. The van der Waals surface area contributed by atoms with Crippen molar-refractivity contribution in [3.8, 4) is 11.4 Å². The van der Waals surface area contributed by atoms with Crippen LogP contribution in [-0.4, -0.2) is 30.6 Å². The number of anilines is 1. The van der Waals surface area contributed by atoms with Crippen molar-refractivity contribution in [2.24, 2.45) is 0 Å². The zero-order valence-electron chi connectivity index (χ0n) is 16.1. The van der Waals surface area contributed by atoms with Crippen LogP contribution in [0.25, 0.3) is 5.69 Å². The van der Waals surface area contributed by atoms with Gasteiger partial charge in [0.05, 0.1) is 10.6 Å². The number of nitro groups is 1. The summed E-state index contributed by atoms with van der Waals surface area (Å²) < 4.78 is 6.98. The maximum Gasteiger partial charge on any atom is 0.295 e. The third kappa shape index (κ3) is 4.70. The third-order valence-corrected chi connectivity index (χ3v) is 4.30. The van der Waals surface area contributed by atoms with E-state index < -0.39 is 10.8 Å². The highest BCUT2D eigenvalue weighted by Gasteiger charge is 2.19. The van der Waals surface area contributed by atoms with E-state index in [0.717, 1.165) is 5.69 Å². The predicted octanol–water partition coefficient (Wildman–Crippen LogP) is 3.40. The summed E-state index contributed by atoms with van der Waals surface area (Å²) in [6, 6.07) is 16.5. The summed E-state index contributed by atoms with van der Waals surface area (Å²) in [5.74, 6) is 0.0612. The molecule has 0 spiro atoms. The Hall–Kier alpha value is -4.60. The molecule has 0 saturated carbocycles. The van der Waals surface area contributed by atoms with Crippen molar-refractivity contribution in [1.29, 1.82) is 0 Å². The van der Waals surface area contributed by atoms with Gasteiger partial charge >= 0.3 is 0 Å². The molecule has 0 fully saturated rings. The normalized spacial score (nSPS) is 10.5. The molecule has 154 valence electrons. The first kappa shape index (κ1) is 19.7. The summed E-state index contributed by atoms with van der Waals surface area (Å²) in [5, 5.41) is 18.1. The molecule has 4 aromatic rings. The van der Waals surface area contributed by atoms with Crippen LogP contribution in [0.2, 0.25) is 0 Å². The lowest BCUT2D eigenvalue weighted by atomic mass is 10.1. The summed E-state index contributed by atoms with van der Waals surface area (Å²) in [4.78, 5) is 31.5. The fourth-order valence-electron chi connectivity index (χ4n) is 2.84. The number of ether oxygens (including phenoxy) is 1. The molecule has 10 nitrogen and oxygen atoms in total. The Morgan fingerprint density at radius 3 is 2.77 bits per heavy atom. The molecule has 2 heterocycles. The van der Waals surface area contributed by atoms with E-state index in [0.29, 0.717) is 11.4 Å². The number of nitrogens with one attached hydrogen (secondary N) is 1. The Labute approximate surface area is 176 Å². The Bertz CT molecular complexity index is 1210. The van der Waals surface area contributed by atoms with E-state index in [4.69, 9.17) is 4.74 Å². The largest absolute Gasteiger partial charge is 0.487 e. The summed E-state index contributed by atoms with van der Waals surface area (Å²) in [7, 11) is 0. The van der Waals surface area contributed by atoms with Crippen molar-refractivity contribution in [2.45, 2.75) is 6.61 Å². The molecule has 0 unspecified atom stereocenters. The lowest BCUT2D eigenvalue weighted by Crippen LogP contribution is -2.13. The number of carbonyl (C=O) groups excluding carboxylic acids is 1. The Morgan fingerprint density at radius 2 is 2.03 bits per heavy atom. The van der Waals surface area contributed by atoms with E-state index in [2.05, 4.69) is 20.4 Å². The number of hydrogen-bond acceptors (Lipinski definition) is 7. The zero-order chi connectivity index (χ0) is 21.6. The van der Waals surface area contributed by atoms with Crippen LogP contribution in [0.15, 0.2) is 79.5 Å². The number of carbonyl (C=O) groups is 1. The first-order chi connectivity index (χ1) is 15.1. The number of nitro benzene ring substituents is 1. The summed E-state index contributed by atoms with van der Waals surface area (Å²) >= 11 is 0. The molecular weight excluding hydrogens is 400 g/mol. The maximum atomic E-state index is 12.7. The number of amides is 1. The minimum Gasteiger partial charge on any atom is -0.487 e. The fourth-order valence-corrected chi connectivity index (χ4v) is 2.84. The minimum absolute atomic E-state index is 0.135. The number of pyridine rings is 1. The molecule has 1 N–H and O–H groups in total. The van der Waals surface area contributed by atoms with Crippen LogP contribution in [0.1, 0.15) is 16.1 Å². The number of hydrogen-bond donors (Lipinski definition) is 1. The van der Waals surface area contributed by atoms with Crippen molar-refractivity contribution in [3.05, 3.63) is 101 Å². The van der Waals surface area contributed by atoms with Crippen LogP contribution >= 0.6 is 0 Å². The number of rotatable bonds is 7. The quantitative estimate of drug-likeness (QED) is 0.361. The molecule has 0 radical (unpaired) electrons. The van der Waals surface area contributed by atoms with E-state index in [1.165, 1.54) is 35.5 Å². The molecule has 0 aliphatic heterocycles. The molecule has 0 atom stereocenters. The average molecular weight is 416 g/mol. The third-order valence-electron chi connectivity index (χ3n) is 4.30. The highest BCUT2D eigenvalue weighted by atomic mass is 16.6. The van der Waals surface area contributed by atoms with Crippen molar-refractivity contribution in [1.82, 2.24) is 19.7 Å². The van der Waals surface area contributed by atoms with E-state index in [1.807, 2.05) is 18.2 Å². The van der Waals surface area contributed by atoms with Crippen LogP contribution in [0.4, 0.5) is 11.4 Å². The summed E-state index contributed by atoms with van der Waals surface area (Å²) in [6.45, 7) is 0.286. The van der Waals surface area contributed by atoms with Gasteiger partial charge in [0.2, 0.25) is 0 Å². The van der Waals surface area contributed by atoms with Crippen LogP contribution in [0, 0.1) is 10.1 Å². The molecule has 1 amide bonds. The highest BCUT2D eigenvalue weighted by molar-refractivity contribution is 6.05. The number of benzene rings is 2. The molecular formula is C21H16N6O4. The molecule has 31 heavy (non-hydrogen) atoms. The zero-order valence-corrected chi connectivity index (χ0v) is 16.1. The van der Waals surface area contributed by atoms with Gasteiger partial charge in [-0.05, 0) is 36.4 Å². The summed E-state index contributed by atoms with van der Waals surface area (Å²) in [6.07, 6.45) is 4.30. The lowest BCUT2D eigenvalue weighted by Gasteiger charge is -2.10. The van der Waals surface area contributed by atoms with Crippen molar-refractivity contribution in [3.63, 3.8) is 0 Å². The van der Waals surface area contributed by atoms with Crippen molar-refractivity contribution >= 4 is 17.3 Å². The molecule has 2 aromatic carbocycles. The van der Waals surface area contributed by atoms with E-state index >= 15 is 0 Å². The van der Waals surface area contributed by atoms with Crippen LogP contribution in [-0.2, 0) is 6.61 Å². The molecule has 2 aromatic heterocycles. The predicted molar refractivity (Wildman–Crippen MR) is 111 cm³/mol. The standard InChI is InChI=1S/C21H16N6O4/c28-21(15-7-8-19(20(10-15)27(29)30)26-14-22-13-24-26)25-16-5-3-6-18(11-16)31-12-17-4-1-2-9-23-17/h1-11,13-14H,12H2,(H,25,28). The van der Waals surface area contributed by atoms with Gasteiger partial charge in [-0.1, -0.05) is 12.1 Å². The van der Waals surface area contributed by atoms with Gasteiger partial charge < -0.3 is 10.1 Å². The molecule has 4 rings (SSSR count). The van der Waals surface area contributed by atoms with E-state index in [-0.39, 0.29) is 23.5 Å². The second-order valence-corrected chi connectivity index (χ2v) is 6.39. The van der Waals surface area contributed by atoms with Crippen LogP contribution in [0.3, 0.4) is 0 Å². The molecule has 10 heteroatoms. The highest BCUT2D eigenvalue weighted by Crippen LogP contribution is 2.25. The summed E-state index contributed by atoms with van der Waals surface area (Å²) in [5.41, 5.74) is 1.35. The maximum absolute atomic E-state index is 12.7. The molecule has 0 saturated heterocycles. The first-order valence-corrected chi connectivity index (χ1v) is 9.18. The van der Waals surface area contributed by atoms with Gasteiger partial charge in [-0.2, -0.15) is 5.10 Å². The van der Waals surface area contributed by atoms with Gasteiger partial charge in [-0.15, -0.1) is 0 Å². The van der Waals surface area contributed by atoms with Gasteiger partial charge in [0.15, 0.2) is 0 Å². The lowest BCUT2D eigenvalue weighted by molar-refractivity contribution is -0.384. The molecule has 0 bridgehead atoms. The van der Waals surface area contributed by atoms with E-state index in [9.17, 15) is 14.9 Å². The van der Waals surface area contributed by atoms with Crippen molar-refractivity contribution < 1.29 is 14.5 Å². The van der Waals surface area contributed by atoms with Gasteiger partial charge in [0, 0.05) is 29.6 Å². The number of aromatic nitrogens is 4. The van der Waals surface area contributed by atoms with E-state index in [1.54, 1.807) is 30.5 Å². The monoisotopic (exact) mass is 416 g/mol. The fraction of sp³-hybridized carbons (Fsp3) is 0.0476.